The number of thiazole rings is 1. The summed E-state index contributed by atoms with van der Waals surface area (Å²) in [6.45, 7) is 3.65. The quantitative estimate of drug-likeness (QED) is 0.672. The zero-order valence-corrected chi connectivity index (χ0v) is 16.4. The molecule has 3 heterocycles. The molecule has 0 radical (unpaired) electrons. The van der Waals surface area contributed by atoms with Crippen LogP contribution in [0.3, 0.4) is 0 Å². The number of benzene rings is 1. The first-order chi connectivity index (χ1) is 13.6. The maximum absolute atomic E-state index is 12.6. The lowest BCUT2D eigenvalue weighted by atomic mass is 10.1. The molecular weight excluding hydrogens is 372 g/mol. The van der Waals surface area contributed by atoms with E-state index < -0.39 is 0 Å². The Morgan fingerprint density at radius 2 is 2.21 bits per heavy atom. The van der Waals surface area contributed by atoms with E-state index in [1.807, 2.05) is 36.6 Å². The maximum atomic E-state index is 12.6. The molecule has 0 spiro atoms. The van der Waals surface area contributed by atoms with Crippen molar-refractivity contribution in [2.75, 3.05) is 11.9 Å². The number of rotatable bonds is 6. The smallest absolute Gasteiger partial charge is 0.230 e. The van der Waals surface area contributed by atoms with Gasteiger partial charge >= 0.3 is 0 Å². The number of hydrogen-bond donors (Lipinski definition) is 2. The summed E-state index contributed by atoms with van der Waals surface area (Å²) in [5, 5.41) is 15.2. The largest absolute Gasteiger partial charge is 0.395 e. The zero-order chi connectivity index (χ0) is 19.5. The SMILES string of the molecule is CC(CO)N1Cc2cccc(NC(=O)Cc3csc(-c4cccnc4)n3)c2C1. The van der Waals surface area contributed by atoms with E-state index >= 15 is 0 Å². The Morgan fingerprint density at radius 3 is 3.00 bits per heavy atom. The maximum Gasteiger partial charge on any atom is 0.230 e. The summed E-state index contributed by atoms with van der Waals surface area (Å²) < 4.78 is 0. The van der Waals surface area contributed by atoms with Gasteiger partial charge < -0.3 is 10.4 Å². The van der Waals surface area contributed by atoms with Gasteiger partial charge in [-0.05, 0) is 36.2 Å². The second kappa shape index (κ2) is 8.18. The molecule has 1 atom stereocenters. The number of aliphatic hydroxyl groups excluding tert-OH is 1. The highest BCUT2D eigenvalue weighted by Crippen LogP contribution is 2.30. The topological polar surface area (TPSA) is 78.4 Å². The van der Waals surface area contributed by atoms with Crippen LogP contribution in [0.1, 0.15) is 23.7 Å². The van der Waals surface area contributed by atoms with Gasteiger partial charge in [-0.2, -0.15) is 0 Å². The van der Waals surface area contributed by atoms with E-state index in [9.17, 15) is 9.90 Å². The minimum atomic E-state index is -0.0786. The molecule has 6 nitrogen and oxygen atoms in total. The van der Waals surface area contributed by atoms with Gasteiger partial charge in [-0.1, -0.05) is 12.1 Å². The number of aromatic nitrogens is 2. The van der Waals surface area contributed by atoms with Gasteiger partial charge in [-0.25, -0.2) is 4.98 Å². The van der Waals surface area contributed by atoms with Crippen LogP contribution in [0.4, 0.5) is 5.69 Å². The number of pyridine rings is 1. The van der Waals surface area contributed by atoms with Crippen LogP contribution in [0, 0.1) is 0 Å². The number of nitrogens with zero attached hydrogens (tertiary/aromatic N) is 3. The van der Waals surface area contributed by atoms with Gasteiger partial charge in [0.1, 0.15) is 5.01 Å². The second-order valence-corrected chi connectivity index (χ2v) is 7.85. The third-order valence-corrected chi connectivity index (χ3v) is 5.91. The Bertz CT molecular complexity index is 974. The van der Waals surface area contributed by atoms with E-state index in [-0.39, 0.29) is 25.0 Å². The molecule has 1 aliphatic heterocycles. The lowest BCUT2D eigenvalue weighted by Crippen LogP contribution is -2.30. The van der Waals surface area contributed by atoms with Crippen LogP contribution < -0.4 is 5.32 Å². The van der Waals surface area contributed by atoms with E-state index in [0.717, 1.165) is 40.6 Å². The van der Waals surface area contributed by atoms with Crippen molar-refractivity contribution in [1.29, 1.82) is 0 Å². The van der Waals surface area contributed by atoms with Crippen LogP contribution in [0.5, 0.6) is 0 Å². The average Bonchev–Trinajstić information content (AvgIpc) is 3.35. The van der Waals surface area contributed by atoms with Crippen molar-refractivity contribution in [3.63, 3.8) is 0 Å². The molecule has 4 rings (SSSR count). The highest BCUT2D eigenvalue weighted by Gasteiger charge is 2.25. The fraction of sp³-hybridized carbons (Fsp3) is 0.286. The number of amides is 1. The summed E-state index contributed by atoms with van der Waals surface area (Å²) in [7, 11) is 0. The van der Waals surface area contributed by atoms with Crippen molar-refractivity contribution in [2.24, 2.45) is 0 Å². The lowest BCUT2D eigenvalue weighted by Gasteiger charge is -2.21. The van der Waals surface area contributed by atoms with E-state index in [1.54, 1.807) is 12.4 Å². The van der Waals surface area contributed by atoms with Gasteiger partial charge in [0, 0.05) is 48.2 Å². The molecule has 28 heavy (non-hydrogen) atoms. The van der Waals surface area contributed by atoms with Crippen LogP contribution in [-0.4, -0.2) is 38.5 Å². The van der Waals surface area contributed by atoms with Crippen molar-refractivity contribution < 1.29 is 9.90 Å². The number of carbonyl (C=O) groups excluding carboxylic acids is 1. The fourth-order valence-corrected chi connectivity index (χ4v) is 4.17. The van der Waals surface area contributed by atoms with Crippen molar-refractivity contribution in [3.8, 4) is 10.6 Å². The van der Waals surface area contributed by atoms with Gasteiger partial charge in [-0.3, -0.25) is 14.7 Å². The highest BCUT2D eigenvalue weighted by molar-refractivity contribution is 7.13. The van der Waals surface area contributed by atoms with Gasteiger partial charge in [-0.15, -0.1) is 11.3 Å². The molecule has 0 saturated carbocycles. The predicted octanol–water partition coefficient (Wildman–Crippen LogP) is 3.08. The van der Waals surface area contributed by atoms with E-state index in [2.05, 4.69) is 26.3 Å². The first-order valence-electron chi connectivity index (χ1n) is 9.24. The van der Waals surface area contributed by atoms with Gasteiger partial charge in [0.2, 0.25) is 5.91 Å². The van der Waals surface area contributed by atoms with Crippen molar-refractivity contribution in [3.05, 3.63) is 64.9 Å². The molecule has 0 saturated heterocycles. The van der Waals surface area contributed by atoms with Crippen LogP contribution in [0.25, 0.3) is 10.6 Å². The third-order valence-electron chi connectivity index (χ3n) is 4.97. The van der Waals surface area contributed by atoms with E-state index in [1.165, 1.54) is 16.9 Å². The molecule has 144 valence electrons. The number of fused-ring (bicyclic) bond motifs is 1. The molecule has 1 unspecified atom stereocenters. The van der Waals surface area contributed by atoms with Gasteiger partial charge in [0.05, 0.1) is 18.7 Å². The Labute approximate surface area is 167 Å². The zero-order valence-electron chi connectivity index (χ0n) is 15.6. The normalized spacial score (nSPS) is 14.6. The van der Waals surface area contributed by atoms with Crippen molar-refractivity contribution >= 4 is 22.9 Å². The number of aliphatic hydroxyl groups is 1. The predicted molar refractivity (Wildman–Crippen MR) is 110 cm³/mol. The summed E-state index contributed by atoms with van der Waals surface area (Å²) in [5.41, 5.74) is 4.89. The number of carbonyl (C=O) groups is 1. The minimum Gasteiger partial charge on any atom is -0.395 e. The Balaban J connectivity index is 1.43. The van der Waals surface area contributed by atoms with Crippen LogP contribution in [-0.2, 0) is 24.3 Å². The summed E-state index contributed by atoms with van der Waals surface area (Å²) in [6, 6.07) is 9.91. The Hall–Kier alpha value is -2.61. The van der Waals surface area contributed by atoms with Crippen LogP contribution in [0.2, 0.25) is 0 Å². The third kappa shape index (κ3) is 3.96. The average molecular weight is 395 g/mol. The minimum absolute atomic E-state index is 0.0786. The monoisotopic (exact) mass is 394 g/mol. The summed E-state index contributed by atoms with van der Waals surface area (Å²) in [6.07, 6.45) is 3.73. The Morgan fingerprint density at radius 1 is 1.32 bits per heavy atom. The Kier molecular flexibility index (Phi) is 5.47. The molecule has 2 N–H and O–H groups in total. The summed E-state index contributed by atoms with van der Waals surface area (Å²) in [4.78, 5) is 23.5. The van der Waals surface area contributed by atoms with Gasteiger partial charge in [0.15, 0.2) is 0 Å². The standard InChI is InChI=1S/C21H22N4O2S/c1-14(12-26)25-10-16-4-2-6-19(18(16)11-25)24-20(27)8-17-13-28-21(23-17)15-5-3-7-22-9-15/h2-7,9,13-14,26H,8,10-12H2,1H3,(H,24,27). The highest BCUT2D eigenvalue weighted by atomic mass is 32.1. The lowest BCUT2D eigenvalue weighted by molar-refractivity contribution is -0.115. The summed E-state index contributed by atoms with van der Waals surface area (Å²) in [5.74, 6) is -0.0786. The summed E-state index contributed by atoms with van der Waals surface area (Å²) >= 11 is 1.52. The first kappa shape index (κ1) is 18.7. The molecular formula is C21H22N4O2S. The van der Waals surface area contributed by atoms with Crippen molar-refractivity contribution in [2.45, 2.75) is 32.5 Å². The number of nitrogens with one attached hydrogen (secondary N) is 1. The second-order valence-electron chi connectivity index (χ2n) is 6.99. The van der Waals surface area contributed by atoms with E-state index in [0.29, 0.717) is 0 Å². The fourth-order valence-electron chi connectivity index (χ4n) is 3.36. The van der Waals surface area contributed by atoms with Gasteiger partial charge in [0.25, 0.3) is 0 Å². The molecule has 0 fully saturated rings. The van der Waals surface area contributed by atoms with E-state index in [4.69, 9.17) is 0 Å². The number of hydrogen-bond acceptors (Lipinski definition) is 6. The van der Waals surface area contributed by atoms with Crippen LogP contribution in [0.15, 0.2) is 48.1 Å². The molecule has 1 amide bonds. The molecule has 1 aliphatic rings. The molecule has 1 aromatic carbocycles. The van der Waals surface area contributed by atoms with Crippen molar-refractivity contribution in [1.82, 2.24) is 14.9 Å². The molecule has 3 aromatic rings. The molecule has 0 aliphatic carbocycles. The first-order valence-corrected chi connectivity index (χ1v) is 10.1. The molecule has 2 aromatic heterocycles. The van der Waals surface area contributed by atoms with Crippen LogP contribution >= 0.6 is 11.3 Å². The number of anilines is 1. The molecule has 0 bridgehead atoms. The molecule has 7 heteroatoms.